The summed E-state index contributed by atoms with van der Waals surface area (Å²) in [5, 5.41) is 0. The van der Waals surface area contributed by atoms with Crippen LogP contribution >= 0.6 is 0 Å². The number of hydrogen-bond acceptors (Lipinski definition) is 3. The van der Waals surface area contributed by atoms with Crippen LogP contribution in [0.5, 0.6) is 0 Å². The number of imidazole rings is 1. The fourth-order valence-electron chi connectivity index (χ4n) is 1.91. The molecule has 0 aliphatic rings. The minimum Gasteiger partial charge on any atom is -0.396 e. The van der Waals surface area contributed by atoms with Crippen molar-refractivity contribution >= 4 is 16.9 Å². The Balaban J connectivity index is 2.26. The van der Waals surface area contributed by atoms with E-state index in [0.29, 0.717) is 17.0 Å². The number of rotatable bonds is 1. The second-order valence-electron chi connectivity index (χ2n) is 4.11. The lowest BCUT2D eigenvalue weighted by Gasteiger charge is -2.02. The van der Waals surface area contributed by atoms with Gasteiger partial charge in [0.05, 0.1) is 11.2 Å². The summed E-state index contributed by atoms with van der Waals surface area (Å²) in [6.07, 6.45) is 1.69. The zero-order valence-electron chi connectivity index (χ0n) is 9.74. The van der Waals surface area contributed by atoms with Gasteiger partial charge in [-0.2, -0.15) is 0 Å². The highest BCUT2D eigenvalue weighted by molar-refractivity contribution is 5.82. The number of nitrogens with two attached hydrogens (primary N) is 1. The summed E-state index contributed by atoms with van der Waals surface area (Å²) in [5.41, 5.74) is 8.84. The molecular weight excluding hydrogens is 231 g/mol. The average molecular weight is 242 g/mol. The monoisotopic (exact) mass is 242 g/mol. The van der Waals surface area contributed by atoms with Gasteiger partial charge in [-0.3, -0.25) is 0 Å². The number of aromatic nitrogens is 3. The number of nitrogens with one attached hydrogen (secondary N) is 1. The van der Waals surface area contributed by atoms with Crippen LogP contribution in [0.25, 0.3) is 22.6 Å². The minimum absolute atomic E-state index is 0.0919. The molecule has 0 bridgehead atoms. The van der Waals surface area contributed by atoms with Crippen LogP contribution in [0.15, 0.2) is 30.5 Å². The van der Waals surface area contributed by atoms with E-state index < -0.39 is 5.82 Å². The molecule has 0 unspecified atom stereocenters. The van der Waals surface area contributed by atoms with Gasteiger partial charge in [0.15, 0.2) is 5.65 Å². The number of para-hydroxylation sites is 1. The van der Waals surface area contributed by atoms with Crippen molar-refractivity contribution < 1.29 is 4.39 Å². The number of halogens is 1. The number of H-pyrrole nitrogens is 1. The molecule has 0 saturated carbocycles. The molecule has 0 atom stereocenters. The van der Waals surface area contributed by atoms with Crippen LogP contribution in [0.4, 0.5) is 10.1 Å². The number of nitrogen functional groups attached to an aromatic ring is 1. The molecule has 2 heterocycles. The Kier molecular flexibility index (Phi) is 2.26. The van der Waals surface area contributed by atoms with Gasteiger partial charge in [0, 0.05) is 11.8 Å². The number of aromatic amines is 1. The molecular formula is C13H11FN4. The summed E-state index contributed by atoms with van der Waals surface area (Å²) < 4.78 is 13.4. The van der Waals surface area contributed by atoms with E-state index >= 15 is 0 Å². The van der Waals surface area contributed by atoms with Gasteiger partial charge in [-0.15, -0.1) is 0 Å². The van der Waals surface area contributed by atoms with Crippen molar-refractivity contribution in [1.82, 2.24) is 15.0 Å². The molecule has 18 heavy (non-hydrogen) atoms. The minimum atomic E-state index is -0.447. The van der Waals surface area contributed by atoms with E-state index in [-0.39, 0.29) is 5.69 Å². The molecule has 1 aromatic carbocycles. The fraction of sp³-hybridized carbons (Fsp3) is 0.0769. The standard InChI is InChI=1S/C13H11FN4/c1-7-5-6-16-13-11(7)17-12(18-13)8-3-2-4-9(14)10(8)15/h2-6H,15H2,1H3,(H,16,17,18). The van der Waals surface area contributed by atoms with Gasteiger partial charge in [0.25, 0.3) is 0 Å². The van der Waals surface area contributed by atoms with Gasteiger partial charge in [0.1, 0.15) is 11.6 Å². The van der Waals surface area contributed by atoms with Crippen LogP contribution in [0, 0.1) is 12.7 Å². The molecule has 0 spiro atoms. The molecule has 0 saturated heterocycles. The lowest BCUT2D eigenvalue weighted by molar-refractivity contribution is 0.633. The third kappa shape index (κ3) is 1.52. The summed E-state index contributed by atoms with van der Waals surface area (Å²) >= 11 is 0. The first-order valence-electron chi connectivity index (χ1n) is 5.52. The molecule has 4 nitrogen and oxygen atoms in total. The molecule has 3 rings (SSSR count). The molecule has 3 N–H and O–H groups in total. The van der Waals surface area contributed by atoms with E-state index in [0.717, 1.165) is 11.1 Å². The third-order valence-electron chi connectivity index (χ3n) is 2.91. The van der Waals surface area contributed by atoms with E-state index in [1.807, 2.05) is 13.0 Å². The summed E-state index contributed by atoms with van der Waals surface area (Å²) in [6.45, 7) is 1.96. The maximum absolute atomic E-state index is 13.4. The zero-order chi connectivity index (χ0) is 12.7. The Morgan fingerprint density at radius 2 is 2.11 bits per heavy atom. The number of pyridine rings is 1. The molecule has 90 valence electrons. The summed E-state index contributed by atoms with van der Waals surface area (Å²) in [6, 6.07) is 6.55. The Bertz CT molecular complexity index is 733. The number of fused-ring (bicyclic) bond motifs is 1. The van der Waals surface area contributed by atoms with Crippen molar-refractivity contribution in [2.24, 2.45) is 0 Å². The number of anilines is 1. The van der Waals surface area contributed by atoms with Crippen molar-refractivity contribution in [3.8, 4) is 11.4 Å². The Morgan fingerprint density at radius 1 is 1.28 bits per heavy atom. The molecule has 0 radical (unpaired) electrons. The van der Waals surface area contributed by atoms with E-state index in [1.54, 1.807) is 18.3 Å². The topological polar surface area (TPSA) is 67.6 Å². The van der Waals surface area contributed by atoms with Crippen molar-refractivity contribution in [2.45, 2.75) is 6.92 Å². The second kappa shape index (κ2) is 3.80. The highest BCUT2D eigenvalue weighted by Gasteiger charge is 2.12. The molecule has 5 heteroatoms. The van der Waals surface area contributed by atoms with Crippen LogP contribution in [0.2, 0.25) is 0 Å². The van der Waals surface area contributed by atoms with Crippen LogP contribution in [-0.4, -0.2) is 15.0 Å². The molecule has 0 fully saturated rings. The quantitative estimate of drug-likeness (QED) is 0.644. The highest BCUT2D eigenvalue weighted by Crippen LogP contribution is 2.27. The Labute approximate surface area is 103 Å². The number of nitrogens with zero attached hydrogens (tertiary/aromatic N) is 2. The first-order chi connectivity index (χ1) is 8.66. The highest BCUT2D eigenvalue weighted by atomic mass is 19.1. The van der Waals surface area contributed by atoms with Crippen LogP contribution in [0.3, 0.4) is 0 Å². The molecule has 2 aromatic heterocycles. The normalized spacial score (nSPS) is 11.0. The summed E-state index contributed by atoms with van der Waals surface area (Å²) in [4.78, 5) is 11.6. The van der Waals surface area contributed by atoms with Crippen molar-refractivity contribution in [1.29, 1.82) is 0 Å². The van der Waals surface area contributed by atoms with Gasteiger partial charge < -0.3 is 10.7 Å². The van der Waals surface area contributed by atoms with Crippen LogP contribution in [-0.2, 0) is 0 Å². The lowest BCUT2D eigenvalue weighted by atomic mass is 10.1. The number of aryl methyl sites for hydroxylation is 1. The van der Waals surface area contributed by atoms with Gasteiger partial charge >= 0.3 is 0 Å². The first-order valence-corrected chi connectivity index (χ1v) is 5.52. The number of hydrogen-bond donors (Lipinski definition) is 2. The van der Waals surface area contributed by atoms with Crippen molar-refractivity contribution in [3.63, 3.8) is 0 Å². The van der Waals surface area contributed by atoms with Gasteiger partial charge in [-0.1, -0.05) is 6.07 Å². The van der Waals surface area contributed by atoms with Gasteiger partial charge in [-0.05, 0) is 30.7 Å². The molecule has 3 aromatic rings. The zero-order valence-corrected chi connectivity index (χ0v) is 9.74. The fourth-order valence-corrected chi connectivity index (χ4v) is 1.91. The van der Waals surface area contributed by atoms with E-state index in [2.05, 4.69) is 15.0 Å². The SMILES string of the molecule is Cc1ccnc2nc(-c3cccc(F)c3N)[nH]c12. The molecule has 0 aliphatic carbocycles. The van der Waals surface area contributed by atoms with E-state index in [9.17, 15) is 4.39 Å². The smallest absolute Gasteiger partial charge is 0.178 e. The second-order valence-corrected chi connectivity index (χ2v) is 4.11. The van der Waals surface area contributed by atoms with E-state index in [4.69, 9.17) is 5.73 Å². The van der Waals surface area contributed by atoms with Crippen LogP contribution in [0.1, 0.15) is 5.56 Å². The lowest BCUT2D eigenvalue weighted by Crippen LogP contribution is -1.94. The maximum Gasteiger partial charge on any atom is 0.178 e. The third-order valence-corrected chi connectivity index (χ3v) is 2.91. The average Bonchev–Trinajstić information content (AvgIpc) is 2.78. The predicted molar refractivity (Wildman–Crippen MR) is 68.4 cm³/mol. The van der Waals surface area contributed by atoms with Crippen molar-refractivity contribution in [2.75, 3.05) is 5.73 Å². The maximum atomic E-state index is 13.4. The first kappa shape index (κ1) is 10.7. The van der Waals surface area contributed by atoms with Gasteiger partial charge in [-0.25, -0.2) is 14.4 Å². The van der Waals surface area contributed by atoms with Crippen molar-refractivity contribution in [3.05, 3.63) is 41.8 Å². The molecule has 0 aliphatic heterocycles. The molecule has 0 amide bonds. The Hall–Kier alpha value is -2.43. The largest absolute Gasteiger partial charge is 0.396 e. The Morgan fingerprint density at radius 3 is 2.89 bits per heavy atom. The van der Waals surface area contributed by atoms with Crippen LogP contribution < -0.4 is 5.73 Å². The number of benzene rings is 1. The predicted octanol–water partition coefficient (Wildman–Crippen LogP) is 2.65. The summed E-state index contributed by atoms with van der Waals surface area (Å²) in [7, 11) is 0. The van der Waals surface area contributed by atoms with Gasteiger partial charge in [0.2, 0.25) is 0 Å². The summed E-state index contributed by atoms with van der Waals surface area (Å²) in [5.74, 6) is 0.0847. The van der Waals surface area contributed by atoms with E-state index in [1.165, 1.54) is 6.07 Å².